The van der Waals surface area contributed by atoms with Gasteiger partial charge in [0.2, 0.25) is 0 Å². The van der Waals surface area contributed by atoms with Gasteiger partial charge in [-0.3, -0.25) is 0 Å². The van der Waals surface area contributed by atoms with Gasteiger partial charge in [-0.25, -0.2) is 4.79 Å². The van der Waals surface area contributed by atoms with Crippen LogP contribution in [0.3, 0.4) is 0 Å². The number of methoxy groups -OCH3 is 1. The first-order valence-corrected chi connectivity index (χ1v) is 7.97. The monoisotopic (exact) mass is 369 g/mol. The van der Waals surface area contributed by atoms with Crippen LogP contribution in [-0.4, -0.2) is 24.8 Å². The van der Waals surface area contributed by atoms with Gasteiger partial charge in [0.25, 0.3) is 0 Å². The zero-order valence-electron chi connectivity index (χ0n) is 13.2. The smallest absolute Gasteiger partial charge is 0.337 e. The van der Waals surface area contributed by atoms with Gasteiger partial charge >= 0.3 is 5.97 Å². The Bertz CT molecular complexity index is 750. The molecular formula is C17H17Cl2NO4. The Balaban J connectivity index is 2.19. The fourth-order valence-corrected chi connectivity index (χ4v) is 2.65. The van der Waals surface area contributed by atoms with Crippen molar-refractivity contribution in [3.63, 3.8) is 0 Å². The van der Waals surface area contributed by atoms with Crippen molar-refractivity contribution in [2.24, 2.45) is 0 Å². The molecule has 24 heavy (non-hydrogen) atoms. The number of ether oxygens (including phenoxy) is 2. The largest absolute Gasteiger partial charge is 0.493 e. The topological polar surface area (TPSA) is 67.8 Å². The van der Waals surface area contributed by atoms with Gasteiger partial charge in [-0.05, 0) is 42.8 Å². The van der Waals surface area contributed by atoms with Gasteiger partial charge < -0.3 is 19.9 Å². The number of carboxylic acid groups (broad SMARTS) is 1. The molecule has 2 aromatic rings. The van der Waals surface area contributed by atoms with Crippen LogP contribution in [0.4, 0.5) is 5.69 Å². The quantitative estimate of drug-likeness (QED) is 0.739. The van der Waals surface area contributed by atoms with Crippen molar-refractivity contribution in [3.05, 3.63) is 51.5 Å². The third-order valence-electron chi connectivity index (χ3n) is 3.27. The Morgan fingerprint density at radius 2 is 1.96 bits per heavy atom. The summed E-state index contributed by atoms with van der Waals surface area (Å²) in [6, 6.07) is 8.33. The molecule has 2 rings (SSSR count). The molecule has 5 nitrogen and oxygen atoms in total. The Morgan fingerprint density at radius 1 is 1.21 bits per heavy atom. The van der Waals surface area contributed by atoms with Crippen LogP contribution >= 0.6 is 23.2 Å². The molecule has 2 aromatic carbocycles. The van der Waals surface area contributed by atoms with Crippen molar-refractivity contribution in [2.45, 2.75) is 13.5 Å². The maximum Gasteiger partial charge on any atom is 0.337 e. The van der Waals surface area contributed by atoms with Crippen molar-refractivity contribution in [2.75, 3.05) is 19.0 Å². The van der Waals surface area contributed by atoms with E-state index in [4.69, 9.17) is 37.8 Å². The van der Waals surface area contributed by atoms with Crippen LogP contribution in [0.5, 0.6) is 11.5 Å². The maximum absolute atomic E-state index is 11.1. The number of nitrogens with one attached hydrogen (secondary N) is 1. The van der Waals surface area contributed by atoms with Crippen LogP contribution in [0, 0.1) is 0 Å². The van der Waals surface area contributed by atoms with Gasteiger partial charge in [0.1, 0.15) is 0 Å². The minimum Gasteiger partial charge on any atom is -0.493 e. The van der Waals surface area contributed by atoms with E-state index in [1.165, 1.54) is 6.07 Å². The summed E-state index contributed by atoms with van der Waals surface area (Å²) in [6.45, 7) is 2.78. The van der Waals surface area contributed by atoms with E-state index in [1.54, 1.807) is 25.3 Å². The van der Waals surface area contributed by atoms with E-state index in [0.29, 0.717) is 35.4 Å². The first-order chi connectivity index (χ1) is 11.5. The number of hydrogen-bond donors (Lipinski definition) is 2. The third kappa shape index (κ3) is 4.24. The summed E-state index contributed by atoms with van der Waals surface area (Å²) in [4.78, 5) is 11.1. The highest BCUT2D eigenvalue weighted by Crippen LogP contribution is 2.36. The minimum absolute atomic E-state index is 0.0453. The number of hydrogen-bond acceptors (Lipinski definition) is 4. The first kappa shape index (κ1) is 18.2. The van der Waals surface area contributed by atoms with E-state index >= 15 is 0 Å². The Hall–Kier alpha value is -2.11. The van der Waals surface area contributed by atoms with E-state index < -0.39 is 5.97 Å². The van der Waals surface area contributed by atoms with Crippen molar-refractivity contribution < 1.29 is 19.4 Å². The first-order valence-electron chi connectivity index (χ1n) is 7.22. The predicted molar refractivity (Wildman–Crippen MR) is 94.9 cm³/mol. The average Bonchev–Trinajstić information content (AvgIpc) is 2.55. The molecule has 0 amide bonds. The van der Waals surface area contributed by atoms with E-state index in [2.05, 4.69) is 5.32 Å². The SMILES string of the molecule is CCOc1c(Cl)cc(CNc2ccc(Cl)c(C(=O)O)c2)cc1OC. The summed E-state index contributed by atoms with van der Waals surface area (Å²) >= 11 is 12.1. The van der Waals surface area contributed by atoms with Gasteiger partial charge in [-0.15, -0.1) is 0 Å². The summed E-state index contributed by atoms with van der Waals surface area (Å²) in [6.07, 6.45) is 0. The second-order valence-corrected chi connectivity index (χ2v) is 5.71. The molecule has 0 spiro atoms. The summed E-state index contributed by atoms with van der Waals surface area (Å²) in [5.74, 6) is -0.0250. The maximum atomic E-state index is 11.1. The molecule has 7 heteroatoms. The lowest BCUT2D eigenvalue weighted by molar-refractivity contribution is 0.0697. The van der Waals surface area contributed by atoms with Crippen LogP contribution in [0.2, 0.25) is 10.0 Å². The van der Waals surface area contributed by atoms with Crippen molar-refractivity contribution >= 4 is 34.9 Å². The number of halogens is 2. The Labute approximate surface area is 150 Å². The van der Waals surface area contributed by atoms with Crippen LogP contribution < -0.4 is 14.8 Å². The molecule has 0 aliphatic rings. The van der Waals surface area contributed by atoms with Gasteiger partial charge in [0, 0.05) is 12.2 Å². The van der Waals surface area contributed by atoms with Crippen molar-refractivity contribution in [1.29, 1.82) is 0 Å². The summed E-state index contributed by atoms with van der Waals surface area (Å²) < 4.78 is 10.8. The summed E-state index contributed by atoms with van der Waals surface area (Å²) in [5.41, 5.74) is 1.55. The van der Waals surface area contributed by atoms with Crippen LogP contribution in [0.25, 0.3) is 0 Å². The number of benzene rings is 2. The molecule has 0 saturated carbocycles. The van der Waals surface area contributed by atoms with Gasteiger partial charge in [-0.2, -0.15) is 0 Å². The molecule has 128 valence electrons. The van der Waals surface area contributed by atoms with Gasteiger partial charge in [0.05, 0.1) is 29.3 Å². The normalized spacial score (nSPS) is 10.3. The molecule has 0 aliphatic carbocycles. The van der Waals surface area contributed by atoms with Crippen LogP contribution in [-0.2, 0) is 6.54 Å². The highest BCUT2D eigenvalue weighted by molar-refractivity contribution is 6.33. The zero-order chi connectivity index (χ0) is 17.7. The van der Waals surface area contributed by atoms with Crippen LogP contribution in [0.1, 0.15) is 22.8 Å². The van der Waals surface area contributed by atoms with Gasteiger partial charge in [-0.1, -0.05) is 23.2 Å². The summed E-state index contributed by atoms with van der Waals surface area (Å²) in [7, 11) is 1.55. The highest BCUT2D eigenvalue weighted by atomic mass is 35.5. The molecule has 0 bridgehead atoms. The fraction of sp³-hybridized carbons (Fsp3) is 0.235. The second kappa shape index (κ2) is 8.13. The lowest BCUT2D eigenvalue weighted by atomic mass is 10.1. The molecular weight excluding hydrogens is 353 g/mol. The Morgan fingerprint density at radius 3 is 2.58 bits per heavy atom. The fourth-order valence-electron chi connectivity index (χ4n) is 2.16. The molecule has 0 unspecified atom stereocenters. The van der Waals surface area contributed by atoms with E-state index in [0.717, 1.165) is 5.56 Å². The molecule has 0 aromatic heterocycles. The molecule has 0 aliphatic heterocycles. The minimum atomic E-state index is -1.07. The molecule has 0 saturated heterocycles. The number of carboxylic acids is 1. The Kier molecular flexibility index (Phi) is 6.17. The lowest BCUT2D eigenvalue weighted by Crippen LogP contribution is -2.04. The standard InChI is InChI=1S/C17H17Cl2NO4/c1-3-24-16-14(19)6-10(7-15(16)23-2)9-20-11-4-5-13(18)12(8-11)17(21)22/h4-8,20H,3,9H2,1-2H3,(H,21,22). The third-order valence-corrected chi connectivity index (χ3v) is 3.88. The molecule has 0 heterocycles. The zero-order valence-corrected chi connectivity index (χ0v) is 14.7. The van der Waals surface area contributed by atoms with Gasteiger partial charge in [0.15, 0.2) is 11.5 Å². The number of carbonyl (C=O) groups is 1. The van der Waals surface area contributed by atoms with E-state index in [-0.39, 0.29) is 10.6 Å². The molecule has 0 fully saturated rings. The molecule has 0 radical (unpaired) electrons. The molecule has 0 atom stereocenters. The second-order valence-electron chi connectivity index (χ2n) is 4.90. The number of rotatable bonds is 7. The highest BCUT2D eigenvalue weighted by Gasteiger charge is 2.12. The molecule has 2 N–H and O–H groups in total. The average molecular weight is 370 g/mol. The van der Waals surface area contributed by atoms with E-state index in [1.807, 2.05) is 13.0 Å². The summed E-state index contributed by atoms with van der Waals surface area (Å²) in [5, 5.41) is 12.9. The number of anilines is 1. The number of aromatic carboxylic acids is 1. The van der Waals surface area contributed by atoms with Crippen molar-refractivity contribution in [3.8, 4) is 11.5 Å². The van der Waals surface area contributed by atoms with Crippen LogP contribution in [0.15, 0.2) is 30.3 Å². The lowest BCUT2D eigenvalue weighted by Gasteiger charge is -2.14. The predicted octanol–water partition coefficient (Wildman–Crippen LogP) is 4.71. The van der Waals surface area contributed by atoms with E-state index in [9.17, 15) is 4.79 Å². The van der Waals surface area contributed by atoms with Crippen molar-refractivity contribution in [1.82, 2.24) is 0 Å².